The van der Waals surface area contributed by atoms with Crippen molar-refractivity contribution >= 4 is 5.91 Å². The number of hydrogen-bond donors (Lipinski definition) is 2. The van der Waals surface area contributed by atoms with Gasteiger partial charge in [0.25, 0.3) is 0 Å². The van der Waals surface area contributed by atoms with E-state index >= 15 is 0 Å². The van der Waals surface area contributed by atoms with Crippen LogP contribution in [0.25, 0.3) is 0 Å². The molecule has 1 amide bonds. The minimum Gasteiger partial charge on any atom is -0.384 e. The summed E-state index contributed by atoms with van der Waals surface area (Å²) < 4.78 is 5.02. The van der Waals surface area contributed by atoms with Gasteiger partial charge in [-0.2, -0.15) is 0 Å². The third kappa shape index (κ3) is 6.36. The smallest absolute Gasteiger partial charge is 0.236 e. The molecule has 4 nitrogen and oxygen atoms in total. The molecule has 0 spiro atoms. The quantitative estimate of drug-likeness (QED) is 0.745. The van der Waals surface area contributed by atoms with Crippen LogP contribution < -0.4 is 11.1 Å². The molecule has 0 aliphatic carbocycles. The van der Waals surface area contributed by atoms with Crippen molar-refractivity contribution in [1.82, 2.24) is 5.32 Å². The van der Waals surface area contributed by atoms with Gasteiger partial charge < -0.3 is 15.8 Å². The molecule has 0 heterocycles. The second-order valence-corrected chi connectivity index (χ2v) is 4.94. The fraction of sp³-hybridized carbons (Fsp3) is 0.533. The summed E-state index contributed by atoms with van der Waals surface area (Å²) in [6.45, 7) is 3.27. The Kier molecular flexibility index (Phi) is 7.15. The first-order chi connectivity index (χ1) is 9.13. The summed E-state index contributed by atoms with van der Waals surface area (Å²) in [7, 11) is 1.66. The van der Waals surface area contributed by atoms with E-state index < -0.39 is 6.04 Å². The van der Waals surface area contributed by atoms with E-state index in [2.05, 4.69) is 5.32 Å². The highest BCUT2D eigenvalue weighted by molar-refractivity contribution is 5.81. The highest BCUT2D eigenvalue weighted by Crippen LogP contribution is 2.04. The summed E-state index contributed by atoms with van der Waals surface area (Å²) in [5.74, 6) is 0.217. The van der Waals surface area contributed by atoms with Crippen LogP contribution in [-0.2, 0) is 16.0 Å². The lowest BCUT2D eigenvalue weighted by Gasteiger charge is -2.15. The summed E-state index contributed by atoms with van der Waals surface area (Å²) >= 11 is 0. The molecule has 0 saturated carbocycles. The fourth-order valence-corrected chi connectivity index (χ4v) is 1.85. The molecule has 1 aromatic carbocycles. The van der Waals surface area contributed by atoms with Crippen LogP contribution in [0.1, 0.15) is 18.9 Å². The number of hydrogen-bond acceptors (Lipinski definition) is 3. The van der Waals surface area contributed by atoms with Gasteiger partial charge >= 0.3 is 0 Å². The van der Waals surface area contributed by atoms with Crippen molar-refractivity contribution in [1.29, 1.82) is 0 Å². The molecule has 0 bridgehead atoms. The number of benzene rings is 1. The predicted molar refractivity (Wildman–Crippen MR) is 76.8 cm³/mol. The van der Waals surface area contributed by atoms with Crippen LogP contribution in [0.2, 0.25) is 0 Å². The van der Waals surface area contributed by atoms with Crippen LogP contribution in [0.5, 0.6) is 0 Å². The van der Waals surface area contributed by atoms with E-state index in [1.54, 1.807) is 7.11 Å². The third-order valence-corrected chi connectivity index (χ3v) is 3.00. The van der Waals surface area contributed by atoms with Gasteiger partial charge in [-0.25, -0.2) is 0 Å². The minimum atomic E-state index is -0.449. The van der Waals surface area contributed by atoms with Gasteiger partial charge in [0, 0.05) is 13.7 Å². The average molecular weight is 264 g/mol. The Morgan fingerprint density at radius 2 is 2.05 bits per heavy atom. The molecule has 0 fully saturated rings. The number of methoxy groups -OCH3 is 1. The van der Waals surface area contributed by atoms with Crippen LogP contribution in [0.3, 0.4) is 0 Å². The van der Waals surface area contributed by atoms with Crippen LogP contribution in [-0.4, -0.2) is 32.2 Å². The molecule has 1 rings (SSSR count). The molecule has 0 aliphatic rings. The van der Waals surface area contributed by atoms with E-state index in [0.717, 1.165) is 6.42 Å². The summed E-state index contributed by atoms with van der Waals surface area (Å²) in [5.41, 5.74) is 7.09. The van der Waals surface area contributed by atoms with E-state index in [0.29, 0.717) is 25.5 Å². The number of nitrogens with two attached hydrogens (primary N) is 1. The normalized spacial score (nSPS) is 13.8. The Bertz CT molecular complexity index is 368. The molecular weight excluding hydrogens is 240 g/mol. The third-order valence-electron chi connectivity index (χ3n) is 3.00. The van der Waals surface area contributed by atoms with Crippen molar-refractivity contribution in [2.75, 3.05) is 20.3 Å². The lowest BCUT2D eigenvalue weighted by molar-refractivity contribution is -0.122. The van der Waals surface area contributed by atoms with Crippen LogP contribution in [0, 0.1) is 5.92 Å². The van der Waals surface area contributed by atoms with E-state index in [4.69, 9.17) is 10.5 Å². The number of ether oxygens (including phenoxy) is 1. The zero-order valence-corrected chi connectivity index (χ0v) is 11.8. The first-order valence-electron chi connectivity index (χ1n) is 6.69. The number of nitrogens with one attached hydrogen (secondary N) is 1. The lowest BCUT2D eigenvalue weighted by atomic mass is 10.1. The summed E-state index contributed by atoms with van der Waals surface area (Å²) in [6, 6.07) is 9.61. The standard InChI is InChI=1S/C15H24N2O2/c1-12(11-19-2)10-17-15(18)14(16)9-8-13-6-4-3-5-7-13/h3-7,12,14H,8-11,16H2,1-2H3,(H,17,18). The largest absolute Gasteiger partial charge is 0.384 e. The van der Waals surface area contributed by atoms with Crippen molar-refractivity contribution in [3.05, 3.63) is 35.9 Å². The molecule has 2 unspecified atom stereocenters. The molecular formula is C15H24N2O2. The minimum absolute atomic E-state index is 0.0844. The number of amides is 1. The molecule has 106 valence electrons. The molecule has 1 aromatic rings. The highest BCUT2D eigenvalue weighted by Gasteiger charge is 2.13. The number of aryl methyl sites for hydroxylation is 1. The Balaban J connectivity index is 2.25. The zero-order chi connectivity index (χ0) is 14.1. The van der Waals surface area contributed by atoms with Crippen LogP contribution >= 0.6 is 0 Å². The maximum Gasteiger partial charge on any atom is 0.236 e. The second kappa shape index (κ2) is 8.67. The zero-order valence-electron chi connectivity index (χ0n) is 11.8. The second-order valence-electron chi connectivity index (χ2n) is 4.94. The van der Waals surface area contributed by atoms with Crippen molar-refractivity contribution in [3.8, 4) is 0 Å². The van der Waals surface area contributed by atoms with Crippen molar-refractivity contribution in [2.24, 2.45) is 11.7 Å². The fourth-order valence-electron chi connectivity index (χ4n) is 1.85. The van der Waals surface area contributed by atoms with Gasteiger partial charge in [0.05, 0.1) is 12.6 Å². The predicted octanol–water partition coefficient (Wildman–Crippen LogP) is 1.35. The van der Waals surface area contributed by atoms with Crippen molar-refractivity contribution in [2.45, 2.75) is 25.8 Å². The van der Waals surface area contributed by atoms with Gasteiger partial charge in [0.2, 0.25) is 5.91 Å². The first-order valence-corrected chi connectivity index (χ1v) is 6.69. The van der Waals surface area contributed by atoms with Crippen LogP contribution in [0.4, 0.5) is 0 Å². The van der Waals surface area contributed by atoms with Gasteiger partial charge in [-0.15, -0.1) is 0 Å². The number of carbonyl (C=O) groups is 1. The van der Waals surface area contributed by atoms with Gasteiger partial charge in [-0.1, -0.05) is 37.3 Å². The first kappa shape index (κ1) is 15.7. The molecule has 0 aliphatic heterocycles. The number of carbonyl (C=O) groups excluding carboxylic acids is 1. The van der Waals surface area contributed by atoms with Gasteiger partial charge in [0.1, 0.15) is 0 Å². The molecule has 2 atom stereocenters. The van der Waals surface area contributed by atoms with Gasteiger partial charge in [-0.05, 0) is 24.3 Å². The monoisotopic (exact) mass is 264 g/mol. The molecule has 19 heavy (non-hydrogen) atoms. The molecule has 0 saturated heterocycles. The van der Waals surface area contributed by atoms with Gasteiger partial charge in [-0.3, -0.25) is 4.79 Å². The summed E-state index contributed by atoms with van der Waals surface area (Å²) in [4.78, 5) is 11.8. The number of rotatable bonds is 8. The SMILES string of the molecule is COCC(C)CNC(=O)C(N)CCc1ccccc1. The topological polar surface area (TPSA) is 64.3 Å². The average Bonchev–Trinajstić information content (AvgIpc) is 2.43. The van der Waals surface area contributed by atoms with E-state index in [-0.39, 0.29) is 5.91 Å². The summed E-state index contributed by atoms with van der Waals surface area (Å²) in [5, 5.41) is 2.86. The Morgan fingerprint density at radius 3 is 2.68 bits per heavy atom. The Labute approximate surface area is 115 Å². The molecule has 4 heteroatoms. The lowest BCUT2D eigenvalue weighted by Crippen LogP contribution is -2.42. The maximum atomic E-state index is 11.8. The molecule has 3 N–H and O–H groups in total. The van der Waals surface area contributed by atoms with Crippen molar-refractivity contribution < 1.29 is 9.53 Å². The Hall–Kier alpha value is -1.39. The van der Waals surface area contributed by atoms with Gasteiger partial charge in [0.15, 0.2) is 0 Å². The van der Waals surface area contributed by atoms with E-state index in [1.807, 2.05) is 37.3 Å². The summed E-state index contributed by atoms with van der Waals surface area (Å²) in [6.07, 6.45) is 1.48. The van der Waals surface area contributed by atoms with E-state index in [1.165, 1.54) is 5.56 Å². The van der Waals surface area contributed by atoms with Crippen molar-refractivity contribution in [3.63, 3.8) is 0 Å². The highest BCUT2D eigenvalue weighted by atomic mass is 16.5. The van der Waals surface area contributed by atoms with E-state index in [9.17, 15) is 4.79 Å². The maximum absolute atomic E-state index is 11.8. The molecule has 0 aromatic heterocycles. The molecule has 0 radical (unpaired) electrons. The Morgan fingerprint density at radius 1 is 1.37 bits per heavy atom. The van der Waals surface area contributed by atoms with Crippen LogP contribution in [0.15, 0.2) is 30.3 Å².